The van der Waals surface area contributed by atoms with Gasteiger partial charge in [0.25, 0.3) is 0 Å². The van der Waals surface area contributed by atoms with Crippen molar-refractivity contribution in [1.82, 2.24) is 24.8 Å². The van der Waals surface area contributed by atoms with Gasteiger partial charge in [0.2, 0.25) is 17.8 Å². The number of anilines is 6. The smallest absolute Gasteiger partial charge is 0.247 e. The first-order chi connectivity index (χ1) is 20.7. The van der Waals surface area contributed by atoms with E-state index in [1.54, 1.807) is 37.6 Å². The fourth-order valence-corrected chi connectivity index (χ4v) is 4.14. The van der Waals surface area contributed by atoms with Gasteiger partial charge < -0.3 is 35.2 Å². The highest BCUT2D eigenvalue weighted by molar-refractivity contribution is 6.32. The average Bonchev–Trinajstić information content (AvgIpc) is 3.00. The number of ether oxygens (including phenoxy) is 2. The van der Waals surface area contributed by atoms with E-state index < -0.39 is 0 Å². The predicted molar refractivity (Wildman–Crippen MR) is 170 cm³/mol. The zero-order chi connectivity index (χ0) is 30.8. The number of halogens is 1. The van der Waals surface area contributed by atoms with E-state index in [9.17, 15) is 4.79 Å². The molecule has 0 saturated heterocycles. The molecule has 4 rings (SSSR count). The van der Waals surface area contributed by atoms with E-state index in [1.807, 2.05) is 50.3 Å². The van der Waals surface area contributed by atoms with Crippen molar-refractivity contribution < 1.29 is 14.3 Å². The molecule has 0 aliphatic heterocycles. The van der Waals surface area contributed by atoms with Crippen LogP contribution in [0.15, 0.2) is 73.7 Å². The molecule has 0 atom stereocenters. The summed E-state index contributed by atoms with van der Waals surface area (Å²) < 4.78 is 11.5. The molecule has 43 heavy (non-hydrogen) atoms. The zero-order valence-electron chi connectivity index (χ0n) is 24.5. The number of hydrogen-bond acceptors (Lipinski definition) is 11. The number of aromatic nitrogens is 4. The Morgan fingerprint density at radius 3 is 2.44 bits per heavy atom. The third-order valence-corrected chi connectivity index (χ3v) is 6.46. The number of pyridine rings is 1. The summed E-state index contributed by atoms with van der Waals surface area (Å²) in [6, 6.07) is 14.5. The van der Waals surface area contributed by atoms with Crippen molar-refractivity contribution in [1.29, 1.82) is 0 Å². The molecule has 0 fully saturated rings. The lowest BCUT2D eigenvalue weighted by Crippen LogP contribution is -2.29. The molecular weight excluding hydrogens is 570 g/mol. The molecule has 0 radical (unpaired) electrons. The second kappa shape index (κ2) is 14.8. The Morgan fingerprint density at radius 2 is 1.77 bits per heavy atom. The number of hydrogen-bond donors (Lipinski definition) is 3. The first kappa shape index (κ1) is 31.0. The van der Waals surface area contributed by atoms with Gasteiger partial charge in [-0.05, 0) is 56.6 Å². The molecule has 4 aromatic rings. The largest absolute Gasteiger partial charge is 0.494 e. The van der Waals surface area contributed by atoms with Crippen LogP contribution in [-0.2, 0) is 11.4 Å². The van der Waals surface area contributed by atoms with Gasteiger partial charge in [-0.25, -0.2) is 9.97 Å². The van der Waals surface area contributed by atoms with Gasteiger partial charge in [0.15, 0.2) is 0 Å². The molecule has 2 heterocycles. The van der Waals surface area contributed by atoms with Crippen molar-refractivity contribution in [3.8, 4) is 11.5 Å². The van der Waals surface area contributed by atoms with Crippen LogP contribution in [0.5, 0.6) is 11.5 Å². The lowest BCUT2D eigenvalue weighted by Gasteiger charge is -2.26. The van der Waals surface area contributed by atoms with E-state index in [-0.39, 0.29) is 17.8 Å². The second-order valence-electron chi connectivity index (χ2n) is 9.63. The van der Waals surface area contributed by atoms with Crippen LogP contribution in [0.4, 0.5) is 34.6 Å². The van der Waals surface area contributed by atoms with E-state index >= 15 is 0 Å². The van der Waals surface area contributed by atoms with Crippen LogP contribution in [0.2, 0.25) is 5.02 Å². The van der Waals surface area contributed by atoms with Gasteiger partial charge in [-0.3, -0.25) is 9.78 Å². The van der Waals surface area contributed by atoms with Gasteiger partial charge in [0.05, 0.1) is 34.9 Å². The van der Waals surface area contributed by atoms with E-state index in [4.69, 9.17) is 21.1 Å². The van der Waals surface area contributed by atoms with Gasteiger partial charge in [0.1, 0.15) is 24.4 Å². The number of benzene rings is 2. The van der Waals surface area contributed by atoms with Gasteiger partial charge in [-0.2, -0.15) is 4.98 Å². The fourth-order valence-electron chi connectivity index (χ4n) is 3.90. The van der Waals surface area contributed by atoms with Crippen molar-refractivity contribution in [2.45, 2.75) is 6.61 Å². The average molecular weight is 604 g/mol. The van der Waals surface area contributed by atoms with Gasteiger partial charge >= 0.3 is 0 Å². The Balaban J connectivity index is 1.51. The molecule has 0 saturated carbocycles. The number of nitrogens with one attached hydrogen (secondary N) is 3. The molecule has 2 aromatic heterocycles. The first-order valence-electron chi connectivity index (χ1n) is 13.3. The molecule has 3 N–H and O–H groups in total. The van der Waals surface area contributed by atoms with Crippen LogP contribution in [0.1, 0.15) is 5.69 Å². The summed E-state index contributed by atoms with van der Waals surface area (Å²) in [7, 11) is 7.52. The minimum Gasteiger partial charge on any atom is -0.494 e. The quantitative estimate of drug-likeness (QED) is 0.166. The second-order valence-corrected chi connectivity index (χ2v) is 10.0. The van der Waals surface area contributed by atoms with Gasteiger partial charge in [0, 0.05) is 38.1 Å². The van der Waals surface area contributed by atoms with Crippen molar-refractivity contribution in [3.05, 3.63) is 84.4 Å². The molecule has 0 bridgehead atoms. The Bertz CT molecular complexity index is 1550. The molecule has 0 spiro atoms. The van der Waals surface area contributed by atoms with Gasteiger partial charge in [-0.1, -0.05) is 24.2 Å². The maximum Gasteiger partial charge on any atom is 0.247 e. The standard InChI is InChI=1S/C30H34ClN9O3/c1-6-28(41)36-23-16-24(27(42-5)17-25(23)40(4)14-13-39(2)3)37-30-34-19-33-29(38-30)35-20-10-11-26(22(31)15-20)43-18-21-9-7-8-12-32-21/h6-12,15-17,19H,1,13-14,18H2,2-5H3,(H,36,41)(H2,33,34,35,37,38). The summed E-state index contributed by atoms with van der Waals surface area (Å²) in [4.78, 5) is 33.6. The lowest BCUT2D eigenvalue weighted by atomic mass is 10.2. The van der Waals surface area contributed by atoms with Crippen LogP contribution in [-0.4, -0.2) is 72.1 Å². The van der Waals surface area contributed by atoms with Crippen molar-refractivity contribution in [2.75, 3.05) is 62.2 Å². The fraction of sp³-hybridized carbons (Fsp3) is 0.233. The maximum absolute atomic E-state index is 12.2. The number of nitrogens with zero attached hydrogens (tertiary/aromatic N) is 6. The van der Waals surface area contributed by atoms with Crippen LogP contribution >= 0.6 is 11.6 Å². The summed E-state index contributed by atoms with van der Waals surface area (Å²) in [5.41, 5.74) is 3.35. The lowest BCUT2D eigenvalue weighted by molar-refractivity contribution is -0.111. The Hall–Kier alpha value is -4.94. The van der Waals surface area contributed by atoms with E-state index in [2.05, 4.69) is 47.4 Å². The molecule has 0 aliphatic carbocycles. The molecule has 12 nitrogen and oxygen atoms in total. The molecule has 0 unspecified atom stereocenters. The maximum atomic E-state index is 12.2. The van der Waals surface area contributed by atoms with Gasteiger partial charge in [-0.15, -0.1) is 0 Å². The van der Waals surface area contributed by atoms with Crippen LogP contribution < -0.4 is 30.3 Å². The highest BCUT2D eigenvalue weighted by atomic mass is 35.5. The summed E-state index contributed by atoms with van der Waals surface area (Å²) >= 11 is 6.46. The Morgan fingerprint density at radius 1 is 0.977 bits per heavy atom. The molecule has 2 aromatic carbocycles. The third kappa shape index (κ3) is 8.77. The summed E-state index contributed by atoms with van der Waals surface area (Å²) in [5, 5.41) is 9.59. The van der Waals surface area contributed by atoms with E-state index in [0.29, 0.717) is 40.2 Å². The van der Waals surface area contributed by atoms with Crippen LogP contribution in [0, 0.1) is 0 Å². The number of carbonyl (C=O) groups is 1. The zero-order valence-corrected chi connectivity index (χ0v) is 25.2. The van der Waals surface area contributed by atoms with Crippen molar-refractivity contribution >= 4 is 52.2 Å². The number of rotatable bonds is 14. The number of likely N-dealkylation sites (N-methyl/N-ethyl adjacent to an activating group) is 2. The van der Waals surface area contributed by atoms with Crippen molar-refractivity contribution in [3.63, 3.8) is 0 Å². The minimum atomic E-state index is -0.336. The van der Waals surface area contributed by atoms with Crippen LogP contribution in [0.25, 0.3) is 0 Å². The van der Waals surface area contributed by atoms with Crippen molar-refractivity contribution in [2.24, 2.45) is 0 Å². The van der Waals surface area contributed by atoms with Crippen LogP contribution in [0.3, 0.4) is 0 Å². The first-order valence-corrected chi connectivity index (χ1v) is 13.7. The predicted octanol–water partition coefficient (Wildman–Crippen LogP) is 5.12. The monoisotopic (exact) mass is 603 g/mol. The molecule has 1 amide bonds. The summed E-state index contributed by atoms with van der Waals surface area (Å²) in [6.07, 6.45) is 4.30. The topological polar surface area (TPSA) is 130 Å². The highest BCUT2D eigenvalue weighted by Gasteiger charge is 2.17. The summed E-state index contributed by atoms with van der Waals surface area (Å²) in [6.45, 7) is 5.41. The molecule has 13 heteroatoms. The SMILES string of the molecule is C=CC(=O)Nc1cc(Nc2ncnc(Nc3ccc(OCc4ccccn4)c(Cl)c3)n2)c(OC)cc1N(C)CCN(C)C. The molecule has 0 aliphatic rings. The Labute approximate surface area is 255 Å². The number of carbonyl (C=O) groups excluding carboxylic acids is 1. The number of amides is 1. The molecular formula is C30H34ClN9O3. The van der Waals surface area contributed by atoms with E-state index in [0.717, 1.165) is 24.5 Å². The Kier molecular flexibility index (Phi) is 10.7. The minimum absolute atomic E-state index is 0.256. The highest BCUT2D eigenvalue weighted by Crippen LogP contribution is 2.38. The van der Waals surface area contributed by atoms with E-state index in [1.165, 1.54) is 12.4 Å². The number of methoxy groups -OCH3 is 1. The third-order valence-electron chi connectivity index (χ3n) is 6.16. The molecule has 224 valence electrons. The summed E-state index contributed by atoms with van der Waals surface area (Å²) in [5.74, 6) is 1.27. The normalized spacial score (nSPS) is 10.7.